The number of amides is 3. The minimum absolute atomic E-state index is 0.0224. The second kappa shape index (κ2) is 14.0. The van der Waals surface area contributed by atoms with E-state index in [9.17, 15) is 34.4 Å². The number of rotatable bonds is 14. The number of carbonyl (C=O) groups is 4. The number of nitrogens with one attached hydrogen (secondary N) is 3. The SMILES string of the molecule is CC(C)CC(NC(=O)C(CNC(=O)c1ccccc1[N+](=O)[O-])NC(=O)c1cccc(-c2ccccc2)c1)C(=O)C1(CO)CO1. The molecule has 1 saturated heterocycles. The Hall–Kier alpha value is -4.94. The number of hydrogen-bond acceptors (Lipinski definition) is 8. The van der Waals surface area contributed by atoms with Crippen molar-refractivity contribution in [1.82, 2.24) is 16.0 Å². The Kier molecular flexibility index (Phi) is 10.2. The van der Waals surface area contributed by atoms with Crippen molar-refractivity contribution in [1.29, 1.82) is 0 Å². The van der Waals surface area contributed by atoms with Gasteiger partial charge in [0.15, 0.2) is 11.4 Å². The monoisotopic (exact) mass is 602 g/mol. The molecule has 12 nitrogen and oxygen atoms in total. The quantitative estimate of drug-likeness (QED) is 0.123. The Morgan fingerprint density at radius 2 is 1.57 bits per heavy atom. The summed E-state index contributed by atoms with van der Waals surface area (Å²) in [7, 11) is 0. The number of hydrogen-bond donors (Lipinski definition) is 4. The van der Waals surface area contributed by atoms with Crippen molar-refractivity contribution in [2.75, 3.05) is 19.8 Å². The molecule has 1 heterocycles. The molecule has 12 heteroatoms. The summed E-state index contributed by atoms with van der Waals surface area (Å²) in [5, 5.41) is 28.9. The van der Waals surface area contributed by atoms with Crippen LogP contribution in [-0.4, -0.2) is 71.0 Å². The average molecular weight is 603 g/mol. The Morgan fingerprint density at radius 3 is 2.20 bits per heavy atom. The van der Waals surface area contributed by atoms with Crippen molar-refractivity contribution in [3.05, 3.63) is 100 Å². The largest absolute Gasteiger partial charge is 0.393 e. The lowest BCUT2D eigenvalue weighted by Crippen LogP contribution is -2.57. The van der Waals surface area contributed by atoms with Crippen LogP contribution in [0.1, 0.15) is 41.0 Å². The van der Waals surface area contributed by atoms with Gasteiger partial charge >= 0.3 is 0 Å². The molecule has 0 bridgehead atoms. The molecular formula is C32H34N4O8. The van der Waals surface area contributed by atoms with Crippen molar-refractivity contribution < 1.29 is 33.9 Å². The fraction of sp³-hybridized carbons (Fsp3) is 0.312. The number of nitro benzene ring substituents is 1. The predicted molar refractivity (Wildman–Crippen MR) is 161 cm³/mol. The first kappa shape index (κ1) is 32.0. The van der Waals surface area contributed by atoms with Gasteiger partial charge in [0, 0.05) is 18.2 Å². The number of ether oxygens (including phenoxy) is 1. The second-order valence-electron chi connectivity index (χ2n) is 11.0. The highest BCUT2D eigenvalue weighted by Gasteiger charge is 2.54. The number of nitrogens with zero attached hydrogens (tertiary/aromatic N) is 1. The summed E-state index contributed by atoms with van der Waals surface area (Å²) in [6.07, 6.45) is 0.234. The number of para-hydroxylation sites is 1. The first-order valence-electron chi connectivity index (χ1n) is 14.1. The molecule has 1 fully saturated rings. The van der Waals surface area contributed by atoms with Crippen LogP contribution in [0.3, 0.4) is 0 Å². The smallest absolute Gasteiger partial charge is 0.282 e. The van der Waals surface area contributed by atoms with Crippen LogP contribution in [0.4, 0.5) is 5.69 Å². The van der Waals surface area contributed by atoms with E-state index < -0.39 is 65.0 Å². The highest BCUT2D eigenvalue weighted by atomic mass is 16.6. The minimum atomic E-state index is -1.39. The molecule has 0 radical (unpaired) electrons. The lowest BCUT2D eigenvalue weighted by Gasteiger charge is -2.25. The molecule has 0 aliphatic carbocycles. The first-order valence-corrected chi connectivity index (χ1v) is 14.1. The zero-order valence-corrected chi connectivity index (χ0v) is 24.3. The van der Waals surface area contributed by atoms with Gasteiger partial charge in [0.05, 0.1) is 24.2 Å². The van der Waals surface area contributed by atoms with E-state index in [4.69, 9.17) is 4.74 Å². The highest BCUT2D eigenvalue weighted by molar-refractivity contribution is 6.02. The third-order valence-electron chi connectivity index (χ3n) is 7.20. The molecule has 4 N–H and O–H groups in total. The van der Waals surface area contributed by atoms with Gasteiger partial charge in [-0.05, 0) is 41.7 Å². The fourth-order valence-corrected chi connectivity index (χ4v) is 4.73. The maximum Gasteiger partial charge on any atom is 0.282 e. The Balaban J connectivity index is 1.57. The predicted octanol–water partition coefficient (Wildman–Crippen LogP) is 2.65. The molecule has 4 rings (SSSR count). The Labute approximate surface area is 254 Å². The van der Waals surface area contributed by atoms with Crippen LogP contribution in [0.2, 0.25) is 0 Å². The van der Waals surface area contributed by atoms with Crippen molar-refractivity contribution in [3.63, 3.8) is 0 Å². The first-order chi connectivity index (χ1) is 21.0. The summed E-state index contributed by atoms with van der Waals surface area (Å²) in [6.45, 7) is 2.76. The molecule has 3 aromatic rings. The minimum Gasteiger partial charge on any atom is -0.393 e. The number of aliphatic hydroxyl groups is 1. The van der Waals surface area contributed by atoms with Gasteiger partial charge in [0.25, 0.3) is 17.5 Å². The zero-order valence-electron chi connectivity index (χ0n) is 24.3. The van der Waals surface area contributed by atoms with Gasteiger partial charge in [-0.25, -0.2) is 0 Å². The van der Waals surface area contributed by atoms with E-state index in [1.54, 1.807) is 18.2 Å². The van der Waals surface area contributed by atoms with Crippen molar-refractivity contribution >= 4 is 29.2 Å². The van der Waals surface area contributed by atoms with Crippen molar-refractivity contribution in [2.45, 2.75) is 38.0 Å². The second-order valence-corrected chi connectivity index (χ2v) is 11.0. The van der Waals surface area contributed by atoms with E-state index in [2.05, 4.69) is 16.0 Å². The van der Waals surface area contributed by atoms with E-state index >= 15 is 0 Å². The highest BCUT2D eigenvalue weighted by Crippen LogP contribution is 2.30. The number of carbonyl (C=O) groups excluding carboxylic acids is 4. The topological polar surface area (TPSA) is 180 Å². The summed E-state index contributed by atoms with van der Waals surface area (Å²) in [6, 6.07) is 19.1. The molecule has 3 unspecified atom stereocenters. The number of epoxide rings is 1. The van der Waals surface area contributed by atoms with Crippen LogP contribution in [0.25, 0.3) is 11.1 Å². The van der Waals surface area contributed by atoms with Crippen LogP contribution in [0.5, 0.6) is 0 Å². The van der Waals surface area contributed by atoms with Crippen LogP contribution < -0.4 is 16.0 Å². The molecule has 1 aliphatic heterocycles. The van der Waals surface area contributed by atoms with Crippen LogP contribution >= 0.6 is 0 Å². The van der Waals surface area contributed by atoms with Gasteiger partial charge in [0.2, 0.25) is 5.91 Å². The number of aliphatic hydroxyl groups excluding tert-OH is 1. The third kappa shape index (κ3) is 7.71. The van der Waals surface area contributed by atoms with Crippen LogP contribution in [-0.2, 0) is 14.3 Å². The third-order valence-corrected chi connectivity index (χ3v) is 7.20. The van der Waals surface area contributed by atoms with Gasteiger partial charge in [-0.2, -0.15) is 0 Å². The Morgan fingerprint density at radius 1 is 0.909 bits per heavy atom. The lowest BCUT2D eigenvalue weighted by atomic mass is 9.92. The molecule has 3 atom stereocenters. The molecule has 0 saturated carbocycles. The van der Waals surface area contributed by atoms with Gasteiger partial charge < -0.3 is 25.8 Å². The molecular weight excluding hydrogens is 568 g/mol. The van der Waals surface area contributed by atoms with Crippen molar-refractivity contribution in [3.8, 4) is 11.1 Å². The molecule has 3 aromatic carbocycles. The van der Waals surface area contributed by atoms with Crippen LogP contribution in [0.15, 0.2) is 78.9 Å². The van der Waals surface area contributed by atoms with E-state index in [1.165, 1.54) is 24.3 Å². The summed E-state index contributed by atoms with van der Waals surface area (Å²) < 4.78 is 5.21. The molecule has 0 aromatic heterocycles. The summed E-state index contributed by atoms with van der Waals surface area (Å²) >= 11 is 0. The van der Waals surface area contributed by atoms with E-state index in [0.29, 0.717) is 0 Å². The molecule has 0 spiro atoms. The van der Waals surface area contributed by atoms with E-state index in [-0.39, 0.29) is 30.1 Å². The summed E-state index contributed by atoms with van der Waals surface area (Å²) in [5.41, 5.74) is -0.136. The standard InChI is InChI=1S/C32H34N4O8/c1-20(2)15-25(28(38)32(18-37)19-44-32)34-31(41)26(17-33-30(40)24-13-6-7-14-27(24)36(42)43)35-29(39)23-12-8-11-22(16-23)21-9-4-3-5-10-21/h3-14,16,20,25-26,37H,15,17-19H2,1-2H3,(H,33,40)(H,34,41)(H,35,39). The molecule has 44 heavy (non-hydrogen) atoms. The number of ketones is 1. The van der Waals surface area contributed by atoms with Crippen molar-refractivity contribution in [2.24, 2.45) is 5.92 Å². The lowest BCUT2D eigenvalue weighted by molar-refractivity contribution is -0.385. The van der Waals surface area contributed by atoms with Gasteiger partial charge in [-0.1, -0.05) is 68.4 Å². The number of benzene rings is 3. The zero-order chi connectivity index (χ0) is 31.9. The number of Topliss-reactive ketones (excluding diaryl/α,β-unsaturated/α-hetero) is 1. The summed E-state index contributed by atoms with van der Waals surface area (Å²) in [5.74, 6) is -2.73. The van der Waals surface area contributed by atoms with Gasteiger partial charge in [-0.3, -0.25) is 29.3 Å². The van der Waals surface area contributed by atoms with Gasteiger partial charge in [-0.15, -0.1) is 0 Å². The van der Waals surface area contributed by atoms with Crippen LogP contribution in [0, 0.1) is 16.0 Å². The van der Waals surface area contributed by atoms with E-state index in [1.807, 2.05) is 50.2 Å². The molecule has 1 aliphatic rings. The molecule has 3 amide bonds. The maximum absolute atomic E-state index is 13.6. The van der Waals surface area contributed by atoms with E-state index in [0.717, 1.165) is 11.1 Å². The van der Waals surface area contributed by atoms with Gasteiger partial charge in [0.1, 0.15) is 11.6 Å². The average Bonchev–Trinajstić information content (AvgIpc) is 3.83. The Bertz CT molecular complexity index is 1540. The normalized spacial score (nSPS) is 16.8. The molecule has 230 valence electrons. The fourth-order valence-electron chi connectivity index (χ4n) is 4.73. The summed E-state index contributed by atoms with van der Waals surface area (Å²) in [4.78, 5) is 63.9. The maximum atomic E-state index is 13.6. The number of nitro groups is 1.